The summed E-state index contributed by atoms with van der Waals surface area (Å²) in [6.45, 7) is 0.0676. The van der Waals surface area contributed by atoms with Crippen LogP contribution in [0, 0.1) is 5.82 Å². The van der Waals surface area contributed by atoms with E-state index in [1.165, 1.54) is 36.4 Å². The molecule has 106 valence electrons. The molecule has 0 aromatic heterocycles. The summed E-state index contributed by atoms with van der Waals surface area (Å²) in [6.07, 6.45) is 0. The van der Waals surface area contributed by atoms with Crippen molar-refractivity contribution >= 4 is 31.6 Å². The van der Waals surface area contributed by atoms with Crippen LogP contribution in [0.3, 0.4) is 0 Å². The summed E-state index contributed by atoms with van der Waals surface area (Å²) < 4.78 is 40.1. The highest BCUT2D eigenvalue weighted by Gasteiger charge is 2.17. The predicted octanol–water partition coefficient (Wildman–Crippen LogP) is 2.65. The Morgan fingerprint density at radius 1 is 1.15 bits per heavy atom. The molecular formula is C13H12BrFN2O2S. The average molecular weight is 359 g/mol. The van der Waals surface area contributed by atoms with E-state index in [0.717, 1.165) is 0 Å². The number of hydrogen-bond donors (Lipinski definition) is 2. The monoisotopic (exact) mass is 358 g/mol. The molecule has 0 unspecified atom stereocenters. The van der Waals surface area contributed by atoms with Gasteiger partial charge in [0.1, 0.15) is 10.7 Å². The average Bonchev–Trinajstić information content (AvgIpc) is 2.37. The van der Waals surface area contributed by atoms with Crippen LogP contribution in [0.4, 0.5) is 10.1 Å². The normalized spacial score (nSPS) is 11.5. The van der Waals surface area contributed by atoms with Crippen molar-refractivity contribution in [2.24, 2.45) is 0 Å². The molecule has 0 bridgehead atoms. The molecule has 0 aliphatic carbocycles. The highest BCUT2D eigenvalue weighted by molar-refractivity contribution is 9.10. The smallest absolute Gasteiger partial charge is 0.242 e. The largest absolute Gasteiger partial charge is 0.398 e. The second-order valence-corrected chi connectivity index (χ2v) is 6.78. The lowest BCUT2D eigenvalue weighted by Gasteiger charge is -2.09. The van der Waals surface area contributed by atoms with Gasteiger partial charge in [0.2, 0.25) is 10.0 Å². The maximum Gasteiger partial charge on any atom is 0.242 e. The minimum Gasteiger partial charge on any atom is -0.398 e. The van der Waals surface area contributed by atoms with Crippen molar-refractivity contribution in [3.8, 4) is 0 Å². The molecule has 2 aromatic carbocycles. The van der Waals surface area contributed by atoms with E-state index in [4.69, 9.17) is 5.73 Å². The van der Waals surface area contributed by atoms with Crippen molar-refractivity contribution in [2.75, 3.05) is 5.73 Å². The fraction of sp³-hybridized carbons (Fsp3) is 0.0769. The summed E-state index contributed by atoms with van der Waals surface area (Å²) in [6, 6.07) is 10.1. The van der Waals surface area contributed by atoms with Gasteiger partial charge in [0, 0.05) is 11.0 Å². The molecule has 3 N–H and O–H groups in total. The van der Waals surface area contributed by atoms with Crippen molar-refractivity contribution < 1.29 is 12.8 Å². The molecule has 4 nitrogen and oxygen atoms in total. The van der Waals surface area contributed by atoms with Gasteiger partial charge in [0.25, 0.3) is 0 Å². The van der Waals surface area contributed by atoms with Crippen LogP contribution in [0.2, 0.25) is 0 Å². The third kappa shape index (κ3) is 3.56. The topological polar surface area (TPSA) is 72.2 Å². The number of halogens is 2. The van der Waals surface area contributed by atoms with Gasteiger partial charge in [-0.2, -0.15) is 0 Å². The number of nitrogens with two attached hydrogens (primary N) is 1. The van der Waals surface area contributed by atoms with Gasteiger partial charge in [0.15, 0.2) is 0 Å². The first-order chi connectivity index (χ1) is 9.38. The Morgan fingerprint density at radius 2 is 1.80 bits per heavy atom. The second kappa shape index (κ2) is 5.90. The van der Waals surface area contributed by atoms with Crippen LogP contribution < -0.4 is 10.5 Å². The summed E-state index contributed by atoms with van der Waals surface area (Å²) in [4.78, 5) is 0.0165. The van der Waals surface area contributed by atoms with Gasteiger partial charge in [-0.15, -0.1) is 0 Å². The number of anilines is 1. The quantitative estimate of drug-likeness (QED) is 0.825. The van der Waals surface area contributed by atoms with E-state index in [-0.39, 0.29) is 22.9 Å². The number of nitrogen functional groups attached to an aromatic ring is 1. The Balaban J connectivity index is 2.17. The lowest BCUT2D eigenvalue weighted by molar-refractivity contribution is 0.581. The summed E-state index contributed by atoms with van der Waals surface area (Å²) in [5, 5.41) is 0. The van der Waals surface area contributed by atoms with Gasteiger partial charge >= 0.3 is 0 Å². The maximum atomic E-state index is 12.8. The zero-order chi connectivity index (χ0) is 14.8. The van der Waals surface area contributed by atoms with E-state index < -0.39 is 10.0 Å². The highest BCUT2D eigenvalue weighted by atomic mass is 79.9. The highest BCUT2D eigenvalue weighted by Crippen LogP contribution is 2.22. The zero-order valence-corrected chi connectivity index (χ0v) is 12.7. The lowest BCUT2D eigenvalue weighted by atomic mass is 10.2. The van der Waals surface area contributed by atoms with E-state index in [0.29, 0.717) is 10.0 Å². The van der Waals surface area contributed by atoms with Gasteiger partial charge in [-0.25, -0.2) is 17.5 Å². The van der Waals surface area contributed by atoms with Gasteiger partial charge in [0.05, 0.1) is 5.69 Å². The number of nitrogens with one attached hydrogen (secondary N) is 1. The van der Waals surface area contributed by atoms with Crippen LogP contribution >= 0.6 is 15.9 Å². The first-order valence-electron chi connectivity index (χ1n) is 5.67. The molecule has 0 aliphatic rings. The molecule has 0 atom stereocenters. The molecule has 0 heterocycles. The Hall–Kier alpha value is -1.44. The summed E-state index contributed by atoms with van der Waals surface area (Å²) in [7, 11) is -3.71. The number of sulfonamides is 1. The lowest BCUT2D eigenvalue weighted by Crippen LogP contribution is -2.24. The molecule has 20 heavy (non-hydrogen) atoms. The van der Waals surface area contributed by atoms with Crippen LogP contribution in [-0.2, 0) is 16.6 Å². The van der Waals surface area contributed by atoms with E-state index in [1.54, 1.807) is 6.07 Å². The molecule has 2 rings (SSSR count). The Labute approximate surface area is 125 Å². The third-order valence-electron chi connectivity index (χ3n) is 2.64. The van der Waals surface area contributed by atoms with Crippen molar-refractivity contribution in [1.29, 1.82) is 0 Å². The third-order valence-corrected chi connectivity index (χ3v) is 4.61. The summed E-state index contributed by atoms with van der Waals surface area (Å²) in [5.74, 6) is -0.367. The van der Waals surface area contributed by atoms with E-state index in [9.17, 15) is 12.8 Å². The fourth-order valence-electron chi connectivity index (χ4n) is 1.62. The Kier molecular flexibility index (Phi) is 4.42. The van der Waals surface area contributed by atoms with Crippen molar-refractivity contribution in [3.05, 3.63) is 58.3 Å². The van der Waals surface area contributed by atoms with E-state index in [1.807, 2.05) is 0 Å². The first kappa shape index (κ1) is 15.0. The molecule has 0 fully saturated rings. The van der Waals surface area contributed by atoms with Crippen LogP contribution in [-0.4, -0.2) is 8.42 Å². The Morgan fingerprint density at radius 3 is 2.40 bits per heavy atom. The number of rotatable bonds is 4. The van der Waals surface area contributed by atoms with Gasteiger partial charge < -0.3 is 5.73 Å². The molecule has 0 aliphatic heterocycles. The van der Waals surface area contributed by atoms with Crippen LogP contribution in [0.5, 0.6) is 0 Å². The Bertz CT molecular complexity index is 718. The van der Waals surface area contributed by atoms with E-state index >= 15 is 0 Å². The molecule has 0 amide bonds. The van der Waals surface area contributed by atoms with Crippen LogP contribution in [0.15, 0.2) is 51.8 Å². The van der Waals surface area contributed by atoms with Crippen LogP contribution in [0.25, 0.3) is 0 Å². The first-order valence-corrected chi connectivity index (χ1v) is 7.95. The van der Waals surface area contributed by atoms with E-state index in [2.05, 4.69) is 20.7 Å². The molecular weight excluding hydrogens is 347 g/mol. The maximum absolute atomic E-state index is 12.8. The summed E-state index contributed by atoms with van der Waals surface area (Å²) in [5.41, 5.74) is 6.51. The van der Waals surface area contributed by atoms with Crippen molar-refractivity contribution in [2.45, 2.75) is 11.4 Å². The minimum atomic E-state index is -3.71. The zero-order valence-electron chi connectivity index (χ0n) is 10.3. The van der Waals surface area contributed by atoms with Crippen molar-refractivity contribution in [3.63, 3.8) is 0 Å². The van der Waals surface area contributed by atoms with Crippen LogP contribution in [0.1, 0.15) is 5.56 Å². The molecule has 0 saturated carbocycles. The second-order valence-electron chi connectivity index (χ2n) is 4.13. The number of hydrogen-bond acceptors (Lipinski definition) is 3. The molecule has 0 saturated heterocycles. The summed E-state index contributed by atoms with van der Waals surface area (Å²) >= 11 is 3.21. The molecule has 2 aromatic rings. The van der Waals surface area contributed by atoms with Gasteiger partial charge in [-0.05, 0) is 35.9 Å². The number of benzene rings is 2. The SMILES string of the molecule is Nc1cc(Br)ccc1S(=O)(=O)NCc1ccc(F)cc1. The van der Waals surface area contributed by atoms with Crippen molar-refractivity contribution in [1.82, 2.24) is 4.72 Å². The van der Waals surface area contributed by atoms with Gasteiger partial charge in [-0.3, -0.25) is 0 Å². The molecule has 7 heteroatoms. The molecule has 0 spiro atoms. The molecule has 0 radical (unpaired) electrons. The minimum absolute atomic E-state index is 0.0165. The van der Waals surface area contributed by atoms with Gasteiger partial charge in [-0.1, -0.05) is 28.1 Å². The standard InChI is InChI=1S/C13H12BrFN2O2S/c14-10-3-6-13(12(16)7-10)20(18,19)17-8-9-1-4-11(15)5-2-9/h1-7,17H,8,16H2. The predicted molar refractivity (Wildman–Crippen MR) is 79.0 cm³/mol. The fourth-order valence-corrected chi connectivity index (χ4v) is 3.13.